The molecule has 0 radical (unpaired) electrons. The van der Waals surface area contributed by atoms with E-state index in [2.05, 4.69) is 0 Å². The van der Waals surface area contributed by atoms with Gasteiger partial charge in [0.15, 0.2) is 5.78 Å². The van der Waals surface area contributed by atoms with Crippen LogP contribution in [0.5, 0.6) is 0 Å². The fourth-order valence-electron chi connectivity index (χ4n) is 0.935. The van der Waals surface area contributed by atoms with Gasteiger partial charge in [-0.05, 0) is 25.1 Å². The van der Waals surface area contributed by atoms with Crippen molar-refractivity contribution in [3.8, 4) is 0 Å². The molecule has 68 valence electrons. The molecule has 0 amide bonds. The number of allylic oxidation sites excluding steroid dienone is 2. The second kappa shape index (κ2) is 4.45. The summed E-state index contributed by atoms with van der Waals surface area (Å²) in [5.74, 6) is -0.130. The molecule has 0 spiro atoms. The van der Waals surface area contributed by atoms with Crippen molar-refractivity contribution in [2.45, 2.75) is 6.92 Å². The minimum absolute atomic E-state index is 0.130. The van der Waals surface area contributed by atoms with E-state index < -0.39 is 0 Å². The first-order chi connectivity index (χ1) is 6.16. The van der Waals surface area contributed by atoms with E-state index in [1.165, 1.54) is 6.08 Å². The van der Waals surface area contributed by atoms with Gasteiger partial charge < -0.3 is 0 Å². The Morgan fingerprint density at radius 2 is 2.08 bits per heavy atom. The van der Waals surface area contributed by atoms with Gasteiger partial charge in [-0.25, -0.2) is 0 Å². The normalized spacial score (nSPS) is 10.7. The molecule has 1 aromatic rings. The predicted molar refractivity (Wildman–Crippen MR) is 55.6 cm³/mol. The molecule has 0 saturated heterocycles. The second-order valence-corrected chi connectivity index (χ2v) is 3.25. The molecule has 1 aromatic carbocycles. The molecule has 0 fully saturated rings. The van der Waals surface area contributed by atoms with Gasteiger partial charge in [-0.3, -0.25) is 4.79 Å². The zero-order valence-electron chi connectivity index (χ0n) is 7.05. The van der Waals surface area contributed by atoms with E-state index in [4.69, 9.17) is 23.2 Å². The van der Waals surface area contributed by atoms with Crippen LogP contribution < -0.4 is 0 Å². The molecule has 0 aliphatic heterocycles. The maximum absolute atomic E-state index is 11.4. The van der Waals surface area contributed by atoms with Gasteiger partial charge >= 0.3 is 0 Å². The van der Waals surface area contributed by atoms with Crippen LogP contribution in [-0.2, 0) is 0 Å². The summed E-state index contributed by atoms with van der Waals surface area (Å²) < 4.78 is 0. The monoisotopic (exact) mass is 214 g/mol. The average molecular weight is 215 g/mol. The molecule has 0 bridgehead atoms. The first-order valence-corrected chi connectivity index (χ1v) is 4.53. The molecule has 0 atom stereocenters. The molecular weight excluding hydrogens is 207 g/mol. The third-order valence-electron chi connectivity index (χ3n) is 1.54. The molecule has 0 aromatic heterocycles. The molecule has 1 rings (SSSR count). The number of carbonyl (C=O) groups excluding carboxylic acids is 1. The fraction of sp³-hybridized carbons (Fsp3) is 0.100. The third kappa shape index (κ3) is 2.33. The third-order valence-corrected chi connectivity index (χ3v) is 2.35. The zero-order chi connectivity index (χ0) is 9.84. The predicted octanol–water partition coefficient (Wildman–Crippen LogP) is 3.75. The van der Waals surface area contributed by atoms with Crippen LogP contribution in [0.15, 0.2) is 30.4 Å². The van der Waals surface area contributed by atoms with Crippen LogP contribution >= 0.6 is 23.2 Å². The molecule has 3 heteroatoms. The SMILES string of the molecule is CC=CC(=O)c1cccc(Cl)c1Cl. The maximum Gasteiger partial charge on any atom is 0.187 e. The van der Waals surface area contributed by atoms with Crippen molar-refractivity contribution >= 4 is 29.0 Å². The summed E-state index contributed by atoms with van der Waals surface area (Å²) in [6, 6.07) is 5.00. The van der Waals surface area contributed by atoms with Crippen LogP contribution in [-0.4, -0.2) is 5.78 Å². The average Bonchev–Trinajstić information content (AvgIpc) is 2.10. The molecule has 0 unspecified atom stereocenters. The van der Waals surface area contributed by atoms with Gasteiger partial charge in [0, 0.05) is 5.56 Å². The highest BCUT2D eigenvalue weighted by molar-refractivity contribution is 6.44. The number of benzene rings is 1. The number of carbonyl (C=O) groups is 1. The van der Waals surface area contributed by atoms with Crippen molar-refractivity contribution in [1.82, 2.24) is 0 Å². The summed E-state index contributed by atoms with van der Waals surface area (Å²) >= 11 is 11.6. The van der Waals surface area contributed by atoms with Crippen molar-refractivity contribution in [3.63, 3.8) is 0 Å². The Kier molecular flexibility index (Phi) is 3.52. The highest BCUT2D eigenvalue weighted by Gasteiger charge is 2.08. The minimum atomic E-state index is -0.130. The number of halogens is 2. The number of rotatable bonds is 2. The van der Waals surface area contributed by atoms with Gasteiger partial charge in [-0.1, -0.05) is 35.3 Å². The van der Waals surface area contributed by atoms with Crippen LogP contribution in [0.4, 0.5) is 0 Å². The van der Waals surface area contributed by atoms with E-state index in [1.54, 1.807) is 31.2 Å². The lowest BCUT2D eigenvalue weighted by Crippen LogP contribution is -1.95. The molecule has 0 saturated carbocycles. The van der Waals surface area contributed by atoms with E-state index in [0.29, 0.717) is 15.6 Å². The molecule has 0 aliphatic rings. The second-order valence-electron chi connectivity index (χ2n) is 2.47. The van der Waals surface area contributed by atoms with Crippen molar-refractivity contribution < 1.29 is 4.79 Å². The highest BCUT2D eigenvalue weighted by Crippen LogP contribution is 2.25. The van der Waals surface area contributed by atoms with E-state index in [1.807, 2.05) is 0 Å². The van der Waals surface area contributed by atoms with Gasteiger partial charge in [0.2, 0.25) is 0 Å². The molecular formula is C10H8Cl2O. The Balaban J connectivity index is 3.15. The number of hydrogen-bond donors (Lipinski definition) is 0. The lowest BCUT2D eigenvalue weighted by Gasteiger charge is -2.00. The van der Waals surface area contributed by atoms with Gasteiger partial charge in [-0.2, -0.15) is 0 Å². The topological polar surface area (TPSA) is 17.1 Å². The summed E-state index contributed by atoms with van der Waals surface area (Å²) in [5, 5.41) is 0.712. The summed E-state index contributed by atoms with van der Waals surface area (Å²) in [6.07, 6.45) is 3.12. The van der Waals surface area contributed by atoms with Crippen LogP contribution in [0.25, 0.3) is 0 Å². The van der Waals surface area contributed by atoms with Crippen molar-refractivity contribution in [3.05, 3.63) is 46.0 Å². The molecule has 1 nitrogen and oxygen atoms in total. The van der Waals surface area contributed by atoms with Crippen molar-refractivity contribution in [2.75, 3.05) is 0 Å². The summed E-state index contributed by atoms with van der Waals surface area (Å²) in [6.45, 7) is 1.77. The number of ketones is 1. The van der Waals surface area contributed by atoms with Crippen LogP contribution in [0, 0.1) is 0 Å². The molecule has 0 heterocycles. The molecule has 13 heavy (non-hydrogen) atoms. The lowest BCUT2D eigenvalue weighted by atomic mass is 10.1. The largest absolute Gasteiger partial charge is 0.289 e. The van der Waals surface area contributed by atoms with E-state index in [0.717, 1.165) is 0 Å². The smallest absolute Gasteiger partial charge is 0.187 e. The highest BCUT2D eigenvalue weighted by atomic mass is 35.5. The van der Waals surface area contributed by atoms with Gasteiger partial charge in [0.25, 0.3) is 0 Å². The van der Waals surface area contributed by atoms with E-state index in [9.17, 15) is 4.79 Å². The Morgan fingerprint density at radius 1 is 1.38 bits per heavy atom. The Bertz CT molecular complexity index is 356. The van der Waals surface area contributed by atoms with Gasteiger partial charge in [0.1, 0.15) is 0 Å². The quantitative estimate of drug-likeness (QED) is 0.542. The Hall–Kier alpha value is -0.790. The fourth-order valence-corrected chi connectivity index (χ4v) is 1.33. The maximum atomic E-state index is 11.4. The first kappa shape index (κ1) is 10.3. The number of hydrogen-bond acceptors (Lipinski definition) is 1. The van der Waals surface area contributed by atoms with Gasteiger partial charge in [0.05, 0.1) is 10.0 Å². The van der Waals surface area contributed by atoms with Crippen molar-refractivity contribution in [1.29, 1.82) is 0 Å². The van der Waals surface area contributed by atoms with Crippen LogP contribution in [0.2, 0.25) is 10.0 Å². The Labute approximate surface area is 87.0 Å². The molecule has 0 aliphatic carbocycles. The van der Waals surface area contributed by atoms with E-state index >= 15 is 0 Å². The first-order valence-electron chi connectivity index (χ1n) is 3.78. The molecule has 0 N–H and O–H groups in total. The summed E-state index contributed by atoms with van der Waals surface area (Å²) in [4.78, 5) is 11.4. The van der Waals surface area contributed by atoms with Gasteiger partial charge in [-0.15, -0.1) is 0 Å². The zero-order valence-corrected chi connectivity index (χ0v) is 8.56. The summed E-state index contributed by atoms with van der Waals surface area (Å²) in [5.41, 5.74) is 0.437. The Morgan fingerprint density at radius 3 is 2.69 bits per heavy atom. The lowest BCUT2D eigenvalue weighted by molar-refractivity contribution is 0.104. The van der Waals surface area contributed by atoms with Crippen LogP contribution in [0.3, 0.4) is 0 Å². The standard InChI is InChI=1S/C10H8Cl2O/c1-2-4-9(13)7-5-3-6-8(11)10(7)12/h2-6H,1H3. The van der Waals surface area contributed by atoms with E-state index in [-0.39, 0.29) is 5.78 Å². The minimum Gasteiger partial charge on any atom is -0.289 e. The van der Waals surface area contributed by atoms with Crippen molar-refractivity contribution in [2.24, 2.45) is 0 Å². The summed E-state index contributed by atoms with van der Waals surface area (Å²) in [7, 11) is 0. The van der Waals surface area contributed by atoms with Crippen LogP contribution in [0.1, 0.15) is 17.3 Å².